The Kier molecular flexibility index (Phi) is 3.24. The first-order valence-corrected chi connectivity index (χ1v) is 2.91. The summed E-state index contributed by atoms with van der Waals surface area (Å²) in [6.07, 6.45) is 1.12. The van der Waals surface area contributed by atoms with Crippen molar-refractivity contribution in [1.29, 1.82) is 0 Å². The highest BCUT2D eigenvalue weighted by molar-refractivity contribution is 5.22. The van der Waals surface area contributed by atoms with Gasteiger partial charge in [0.15, 0.2) is 0 Å². The van der Waals surface area contributed by atoms with E-state index in [2.05, 4.69) is 25.7 Å². The first kappa shape index (κ1) is 7.47. The third-order valence-electron chi connectivity index (χ3n) is 1.45. The van der Waals surface area contributed by atoms with Gasteiger partial charge in [-0.05, 0) is 13.3 Å². The summed E-state index contributed by atoms with van der Waals surface area (Å²) in [5.74, 6) is 0. The molecular formula is C6H14N2. The van der Waals surface area contributed by atoms with E-state index in [-0.39, 0.29) is 0 Å². The van der Waals surface area contributed by atoms with Crippen LogP contribution in [0.5, 0.6) is 0 Å². The van der Waals surface area contributed by atoms with Gasteiger partial charge in [0, 0.05) is 19.8 Å². The van der Waals surface area contributed by atoms with Crippen molar-refractivity contribution in [3.8, 4) is 0 Å². The number of hydrogen-bond donors (Lipinski definition) is 0. The molecule has 0 radical (unpaired) electrons. The number of nitrogens with zero attached hydrogens (tertiary/aromatic N) is 2. The molecule has 0 spiro atoms. The third-order valence-corrected chi connectivity index (χ3v) is 1.45. The van der Waals surface area contributed by atoms with Gasteiger partial charge in [0.2, 0.25) is 0 Å². The van der Waals surface area contributed by atoms with Crippen LogP contribution in [0, 0.1) is 0 Å². The molecule has 8 heavy (non-hydrogen) atoms. The maximum atomic E-state index is 3.74. The van der Waals surface area contributed by atoms with Crippen molar-refractivity contribution < 1.29 is 0 Å². The van der Waals surface area contributed by atoms with Gasteiger partial charge in [-0.3, -0.25) is 5.01 Å². The van der Waals surface area contributed by atoms with Gasteiger partial charge < -0.3 is 0 Å². The molecule has 0 unspecified atom stereocenters. The summed E-state index contributed by atoms with van der Waals surface area (Å²) < 4.78 is 0. The Bertz CT molecular complexity index is 70.9. The molecule has 0 aromatic heterocycles. The second-order valence-electron chi connectivity index (χ2n) is 1.97. The molecule has 1 atom stereocenters. The van der Waals surface area contributed by atoms with Crippen molar-refractivity contribution in [3.05, 3.63) is 0 Å². The highest BCUT2D eigenvalue weighted by atomic mass is 15.4. The van der Waals surface area contributed by atoms with Crippen LogP contribution in [0.1, 0.15) is 20.3 Å². The van der Waals surface area contributed by atoms with Crippen LogP contribution in [0.2, 0.25) is 0 Å². The van der Waals surface area contributed by atoms with Crippen LogP contribution in [0.3, 0.4) is 0 Å². The lowest BCUT2D eigenvalue weighted by Gasteiger charge is -2.18. The van der Waals surface area contributed by atoms with Crippen molar-refractivity contribution >= 4 is 6.72 Å². The van der Waals surface area contributed by atoms with Crippen molar-refractivity contribution in [3.63, 3.8) is 0 Å². The predicted molar refractivity (Wildman–Crippen MR) is 37.1 cm³/mol. The van der Waals surface area contributed by atoms with Gasteiger partial charge in [-0.2, -0.15) is 5.10 Å². The minimum Gasteiger partial charge on any atom is -0.298 e. The molecule has 0 aromatic carbocycles. The van der Waals surface area contributed by atoms with E-state index in [1.165, 1.54) is 0 Å². The van der Waals surface area contributed by atoms with Gasteiger partial charge in [0.25, 0.3) is 0 Å². The molecule has 0 aromatic rings. The summed E-state index contributed by atoms with van der Waals surface area (Å²) in [5.41, 5.74) is 0. The maximum Gasteiger partial charge on any atom is 0.0436 e. The van der Waals surface area contributed by atoms with Gasteiger partial charge in [-0.25, -0.2) is 0 Å². The Hall–Kier alpha value is -0.530. The minimum absolute atomic E-state index is 0.521. The van der Waals surface area contributed by atoms with Crippen molar-refractivity contribution in [1.82, 2.24) is 5.01 Å². The lowest BCUT2D eigenvalue weighted by atomic mass is 10.3. The van der Waals surface area contributed by atoms with Crippen LogP contribution in [0.15, 0.2) is 5.10 Å². The van der Waals surface area contributed by atoms with Gasteiger partial charge in [-0.15, -0.1) is 0 Å². The van der Waals surface area contributed by atoms with Gasteiger partial charge in [-0.1, -0.05) is 6.92 Å². The van der Waals surface area contributed by atoms with E-state index in [1.807, 2.05) is 12.1 Å². The Labute approximate surface area is 51.2 Å². The molecule has 0 rings (SSSR count). The standard InChI is InChI=1S/C6H14N2/c1-5-6(2)8(4)7-3/h6H,3,5H2,1-2,4H3/t6-/m0/s1. The molecule has 0 fully saturated rings. The van der Waals surface area contributed by atoms with E-state index < -0.39 is 0 Å². The monoisotopic (exact) mass is 114 g/mol. The Balaban J connectivity index is 3.44. The molecule has 0 bridgehead atoms. The van der Waals surface area contributed by atoms with E-state index >= 15 is 0 Å². The molecule has 0 aliphatic heterocycles. The van der Waals surface area contributed by atoms with Gasteiger partial charge >= 0.3 is 0 Å². The quantitative estimate of drug-likeness (QED) is 0.399. The Morgan fingerprint density at radius 1 is 1.75 bits per heavy atom. The third kappa shape index (κ3) is 1.96. The van der Waals surface area contributed by atoms with Gasteiger partial charge in [0.05, 0.1) is 0 Å². The lowest BCUT2D eigenvalue weighted by molar-refractivity contribution is 0.267. The predicted octanol–water partition coefficient (Wildman–Crippen LogP) is 1.33. The molecule has 0 aliphatic carbocycles. The topological polar surface area (TPSA) is 15.6 Å². The summed E-state index contributed by atoms with van der Waals surface area (Å²) in [6, 6.07) is 0.521. The zero-order valence-corrected chi connectivity index (χ0v) is 5.89. The van der Waals surface area contributed by atoms with Crippen LogP contribution in [0.4, 0.5) is 0 Å². The SMILES string of the molecule is C=NN(C)[C@@H](C)CC. The van der Waals surface area contributed by atoms with Crippen molar-refractivity contribution in [2.24, 2.45) is 5.10 Å². The largest absolute Gasteiger partial charge is 0.298 e. The van der Waals surface area contributed by atoms with Crippen LogP contribution in [0.25, 0.3) is 0 Å². The Morgan fingerprint density at radius 2 is 2.25 bits per heavy atom. The zero-order chi connectivity index (χ0) is 6.57. The first-order chi connectivity index (χ1) is 3.72. The fraction of sp³-hybridized carbons (Fsp3) is 0.833. The lowest BCUT2D eigenvalue weighted by Crippen LogP contribution is -2.22. The fourth-order valence-corrected chi connectivity index (χ4v) is 0.404. The second kappa shape index (κ2) is 3.47. The van der Waals surface area contributed by atoms with Gasteiger partial charge in [0.1, 0.15) is 0 Å². The normalized spacial score (nSPS) is 12.9. The summed E-state index contributed by atoms with van der Waals surface area (Å²) >= 11 is 0. The molecule has 0 saturated carbocycles. The van der Waals surface area contributed by atoms with Crippen LogP contribution >= 0.6 is 0 Å². The highest BCUT2D eigenvalue weighted by Gasteiger charge is 1.99. The first-order valence-electron chi connectivity index (χ1n) is 2.91. The second-order valence-corrected chi connectivity index (χ2v) is 1.97. The maximum absolute atomic E-state index is 3.74. The van der Waals surface area contributed by atoms with Crippen LogP contribution in [-0.2, 0) is 0 Å². The average molecular weight is 114 g/mol. The molecule has 2 heteroatoms. The molecule has 2 nitrogen and oxygen atoms in total. The average Bonchev–Trinajstić information content (AvgIpc) is 1.84. The van der Waals surface area contributed by atoms with E-state index in [1.54, 1.807) is 0 Å². The molecule has 0 N–H and O–H groups in total. The van der Waals surface area contributed by atoms with Crippen LogP contribution < -0.4 is 0 Å². The van der Waals surface area contributed by atoms with E-state index in [0.717, 1.165) is 6.42 Å². The smallest absolute Gasteiger partial charge is 0.0436 e. The van der Waals surface area contributed by atoms with Crippen molar-refractivity contribution in [2.45, 2.75) is 26.3 Å². The fourth-order valence-electron chi connectivity index (χ4n) is 0.404. The highest BCUT2D eigenvalue weighted by Crippen LogP contribution is 1.97. The van der Waals surface area contributed by atoms with Crippen LogP contribution in [-0.4, -0.2) is 24.8 Å². The summed E-state index contributed by atoms with van der Waals surface area (Å²) in [6.45, 7) is 7.66. The van der Waals surface area contributed by atoms with E-state index in [4.69, 9.17) is 0 Å². The molecule has 48 valence electrons. The summed E-state index contributed by atoms with van der Waals surface area (Å²) in [5, 5.41) is 5.60. The molecule has 0 heterocycles. The number of hydrazone groups is 1. The molecule has 0 amide bonds. The summed E-state index contributed by atoms with van der Waals surface area (Å²) in [7, 11) is 1.93. The molecule has 0 aliphatic rings. The number of hydrogen-bond acceptors (Lipinski definition) is 2. The van der Waals surface area contributed by atoms with Crippen molar-refractivity contribution in [2.75, 3.05) is 7.05 Å². The summed E-state index contributed by atoms with van der Waals surface area (Å²) in [4.78, 5) is 0. The van der Waals surface area contributed by atoms with E-state index in [9.17, 15) is 0 Å². The van der Waals surface area contributed by atoms with E-state index in [0.29, 0.717) is 6.04 Å². The number of rotatable bonds is 3. The Morgan fingerprint density at radius 3 is 2.38 bits per heavy atom. The molecular weight excluding hydrogens is 100 g/mol. The molecule has 0 saturated heterocycles. The minimum atomic E-state index is 0.521. The zero-order valence-electron chi connectivity index (χ0n) is 5.89.